The van der Waals surface area contributed by atoms with Crippen LogP contribution >= 0.6 is 0 Å². The Morgan fingerprint density at radius 1 is 1.40 bits per heavy atom. The summed E-state index contributed by atoms with van der Waals surface area (Å²) in [5.74, 6) is 1.13. The van der Waals surface area contributed by atoms with Gasteiger partial charge in [0.15, 0.2) is 0 Å². The van der Waals surface area contributed by atoms with Gasteiger partial charge in [0, 0.05) is 16.6 Å². The van der Waals surface area contributed by atoms with Crippen LogP contribution in [-0.4, -0.2) is 10.1 Å². The average molecular weight is 201 g/mol. The minimum Gasteiger partial charge on any atom is -0.508 e. The lowest BCUT2D eigenvalue weighted by atomic mass is 9.88. The fraction of sp³-hybridized carbons (Fsp3) is 0.385. The Balaban J connectivity index is 2.25. The molecule has 1 aromatic carbocycles. The maximum atomic E-state index is 9.50. The molecule has 0 bridgehead atoms. The number of aromatic amines is 1. The van der Waals surface area contributed by atoms with Crippen molar-refractivity contribution in [3.05, 3.63) is 29.5 Å². The molecule has 2 nitrogen and oxygen atoms in total. The molecule has 0 saturated carbocycles. The quantitative estimate of drug-likeness (QED) is 0.675. The monoisotopic (exact) mass is 201 g/mol. The highest BCUT2D eigenvalue weighted by molar-refractivity contribution is 5.86. The van der Waals surface area contributed by atoms with Gasteiger partial charge < -0.3 is 10.1 Å². The van der Waals surface area contributed by atoms with E-state index in [2.05, 4.69) is 11.9 Å². The van der Waals surface area contributed by atoms with Gasteiger partial charge in [-0.2, -0.15) is 0 Å². The Morgan fingerprint density at radius 2 is 2.27 bits per heavy atom. The van der Waals surface area contributed by atoms with E-state index in [1.807, 2.05) is 12.1 Å². The summed E-state index contributed by atoms with van der Waals surface area (Å²) in [7, 11) is 0. The second-order valence-electron chi connectivity index (χ2n) is 4.66. The summed E-state index contributed by atoms with van der Waals surface area (Å²) in [5.41, 5.74) is 3.94. The molecule has 0 aliphatic heterocycles. The van der Waals surface area contributed by atoms with Crippen LogP contribution in [0.25, 0.3) is 10.9 Å². The van der Waals surface area contributed by atoms with Crippen LogP contribution in [0.3, 0.4) is 0 Å². The number of nitrogens with one attached hydrogen (secondary N) is 1. The normalized spacial score (nSPS) is 20.5. The minimum atomic E-state index is 0.363. The van der Waals surface area contributed by atoms with Crippen molar-refractivity contribution in [2.75, 3.05) is 0 Å². The molecule has 3 rings (SSSR count). The Hall–Kier alpha value is -1.44. The largest absolute Gasteiger partial charge is 0.508 e. The van der Waals surface area contributed by atoms with Crippen LogP contribution in [0.4, 0.5) is 0 Å². The van der Waals surface area contributed by atoms with E-state index >= 15 is 0 Å². The molecule has 0 saturated heterocycles. The Kier molecular flexibility index (Phi) is 1.78. The van der Waals surface area contributed by atoms with Crippen molar-refractivity contribution in [2.45, 2.75) is 26.2 Å². The minimum absolute atomic E-state index is 0.363. The molecule has 0 radical (unpaired) electrons. The number of hydrogen-bond donors (Lipinski definition) is 2. The molecule has 1 unspecified atom stereocenters. The van der Waals surface area contributed by atoms with E-state index in [-0.39, 0.29) is 0 Å². The van der Waals surface area contributed by atoms with Crippen LogP contribution in [-0.2, 0) is 12.8 Å². The number of aromatic nitrogens is 1. The molecule has 1 atom stereocenters. The molecule has 1 aromatic heterocycles. The molecule has 0 amide bonds. The first-order valence-corrected chi connectivity index (χ1v) is 5.56. The second-order valence-corrected chi connectivity index (χ2v) is 4.66. The number of fused-ring (bicyclic) bond motifs is 3. The molecular formula is C13H15NO. The number of H-pyrrole nitrogens is 1. The highest BCUT2D eigenvalue weighted by Gasteiger charge is 2.19. The number of aryl methyl sites for hydroxylation is 1. The summed E-state index contributed by atoms with van der Waals surface area (Å²) in [6.07, 6.45) is 3.55. The topological polar surface area (TPSA) is 36.0 Å². The van der Waals surface area contributed by atoms with Gasteiger partial charge in [0.1, 0.15) is 5.75 Å². The number of hydrogen-bond acceptors (Lipinski definition) is 1. The first-order chi connectivity index (χ1) is 7.24. The van der Waals surface area contributed by atoms with Crippen LogP contribution < -0.4 is 0 Å². The Morgan fingerprint density at radius 3 is 3.13 bits per heavy atom. The molecule has 0 fully saturated rings. The highest BCUT2D eigenvalue weighted by atomic mass is 16.3. The van der Waals surface area contributed by atoms with Crippen LogP contribution in [0.2, 0.25) is 0 Å². The smallest absolute Gasteiger partial charge is 0.116 e. The summed E-state index contributed by atoms with van der Waals surface area (Å²) >= 11 is 0. The number of aromatic hydroxyl groups is 1. The van der Waals surface area contributed by atoms with Crippen LogP contribution in [0.1, 0.15) is 24.6 Å². The fourth-order valence-corrected chi connectivity index (χ4v) is 2.58. The summed E-state index contributed by atoms with van der Waals surface area (Å²) in [6, 6.07) is 5.59. The maximum absolute atomic E-state index is 9.50. The van der Waals surface area contributed by atoms with E-state index in [1.165, 1.54) is 23.1 Å². The molecule has 2 heteroatoms. The van der Waals surface area contributed by atoms with E-state index in [9.17, 15) is 5.11 Å². The molecule has 15 heavy (non-hydrogen) atoms. The second kappa shape index (κ2) is 3.02. The SMILES string of the molecule is CC1CCc2[nH]c3ccc(O)cc3c2C1. The van der Waals surface area contributed by atoms with E-state index in [0.717, 1.165) is 24.3 Å². The third-order valence-electron chi connectivity index (χ3n) is 3.42. The van der Waals surface area contributed by atoms with Gasteiger partial charge in [-0.3, -0.25) is 0 Å². The molecule has 2 aromatic rings. The van der Waals surface area contributed by atoms with E-state index in [1.54, 1.807) is 6.07 Å². The number of phenols is 1. The maximum Gasteiger partial charge on any atom is 0.116 e. The van der Waals surface area contributed by atoms with Crippen molar-refractivity contribution in [1.29, 1.82) is 0 Å². The summed E-state index contributed by atoms with van der Waals surface area (Å²) in [5, 5.41) is 10.7. The standard InChI is InChI=1S/C13H15NO/c1-8-2-4-12-10(6-8)11-7-9(15)3-5-13(11)14-12/h3,5,7-8,14-15H,2,4,6H2,1H3. The van der Waals surface area contributed by atoms with E-state index in [0.29, 0.717) is 5.75 Å². The van der Waals surface area contributed by atoms with Crippen LogP contribution in [0.15, 0.2) is 18.2 Å². The molecular weight excluding hydrogens is 186 g/mol. The lowest BCUT2D eigenvalue weighted by Crippen LogP contribution is -2.09. The Labute approximate surface area is 88.9 Å². The zero-order valence-corrected chi connectivity index (χ0v) is 8.88. The van der Waals surface area contributed by atoms with Gasteiger partial charge in [0.2, 0.25) is 0 Å². The lowest BCUT2D eigenvalue weighted by molar-refractivity contribution is 0.476. The molecule has 1 aliphatic carbocycles. The average Bonchev–Trinajstić information content (AvgIpc) is 2.56. The van der Waals surface area contributed by atoms with Gasteiger partial charge in [-0.25, -0.2) is 0 Å². The predicted octanol–water partition coefficient (Wildman–Crippen LogP) is 3.00. The van der Waals surface area contributed by atoms with Crippen molar-refractivity contribution in [3.8, 4) is 5.75 Å². The fourth-order valence-electron chi connectivity index (χ4n) is 2.58. The summed E-state index contributed by atoms with van der Waals surface area (Å²) < 4.78 is 0. The van der Waals surface area contributed by atoms with Crippen molar-refractivity contribution in [3.63, 3.8) is 0 Å². The van der Waals surface area contributed by atoms with Gasteiger partial charge in [-0.05, 0) is 48.9 Å². The van der Waals surface area contributed by atoms with E-state index in [4.69, 9.17) is 0 Å². The molecule has 2 N–H and O–H groups in total. The molecule has 1 aliphatic rings. The number of phenolic OH excluding ortho intramolecular Hbond substituents is 1. The van der Waals surface area contributed by atoms with E-state index < -0.39 is 0 Å². The number of rotatable bonds is 0. The van der Waals surface area contributed by atoms with Crippen molar-refractivity contribution in [1.82, 2.24) is 4.98 Å². The van der Waals surface area contributed by atoms with Gasteiger partial charge in [-0.15, -0.1) is 0 Å². The third kappa shape index (κ3) is 1.32. The zero-order chi connectivity index (χ0) is 10.4. The predicted molar refractivity (Wildman–Crippen MR) is 61.2 cm³/mol. The van der Waals surface area contributed by atoms with Gasteiger partial charge in [0.25, 0.3) is 0 Å². The zero-order valence-electron chi connectivity index (χ0n) is 8.88. The first-order valence-electron chi connectivity index (χ1n) is 5.56. The van der Waals surface area contributed by atoms with Crippen LogP contribution in [0, 0.1) is 5.92 Å². The van der Waals surface area contributed by atoms with Gasteiger partial charge in [-0.1, -0.05) is 6.92 Å². The molecule has 78 valence electrons. The Bertz CT molecular complexity index is 512. The van der Waals surface area contributed by atoms with Gasteiger partial charge in [0.05, 0.1) is 0 Å². The van der Waals surface area contributed by atoms with Crippen molar-refractivity contribution >= 4 is 10.9 Å². The summed E-state index contributed by atoms with van der Waals surface area (Å²) in [4.78, 5) is 3.45. The molecule has 0 spiro atoms. The van der Waals surface area contributed by atoms with Gasteiger partial charge >= 0.3 is 0 Å². The first kappa shape index (κ1) is 8.84. The third-order valence-corrected chi connectivity index (χ3v) is 3.42. The molecule has 1 heterocycles. The highest BCUT2D eigenvalue weighted by Crippen LogP contribution is 2.32. The lowest BCUT2D eigenvalue weighted by Gasteiger charge is -2.17. The van der Waals surface area contributed by atoms with Crippen molar-refractivity contribution in [2.24, 2.45) is 5.92 Å². The van der Waals surface area contributed by atoms with Crippen LogP contribution in [0.5, 0.6) is 5.75 Å². The number of benzene rings is 1. The summed E-state index contributed by atoms with van der Waals surface area (Å²) in [6.45, 7) is 2.30. The van der Waals surface area contributed by atoms with Crippen molar-refractivity contribution < 1.29 is 5.11 Å².